The Hall–Kier alpha value is -1.11. The lowest BCUT2D eigenvalue weighted by atomic mass is 10.2. The van der Waals surface area contributed by atoms with E-state index in [1.165, 1.54) is 0 Å². The quantitative estimate of drug-likeness (QED) is 0.689. The first kappa shape index (κ1) is 14.9. The van der Waals surface area contributed by atoms with E-state index in [4.69, 9.17) is 0 Å². The van der Waals surface area contributed by atoms with Crippen LogP contribution < -0.4 is 5.32 Å². The van der Waals surface area contributed by atoms with Crippen LogP contribution >= 0.6 is 0 Å². The highest BCUT2D eigenvalue weighted by Crippen LogP contribution is 2.11. The van der Waals surface area contributed by atoms with E-state index >= 15 is 0 Å². The number of carbonyl (C=O) groups is 2. The number of nitrogens with one attached hydrogen (secondary N) is 1. The highest BCUT2D eigenvalue weighted by Gasteiger charge is 2.29. The second kappa shape index (κ2) is 6.17. The van der Waals surface area contributed by atoms with Crippen LogP contribution in [0.2, 0.25) is 0 Å². The van der Waals surface area contributed by atoms with E-state index in [9.17, 15) is 18.0 Å². The van der Waals surface area contributed by atoms with Crippen LogP contribution in [-0.2, 0) is 19.4 Å². The number of nitrogens with zero attached hydrogens (tertiary/aromatic N) is 1. The molecule has 0 spiro atoms. The molecule has 1 fully saturated rings. The maximum atomic E-state index is 11.7. The fourth-order valence-electron chi connectivity index (χ4n) is 2.01. The number of rotatable bonds is 5. The highest BCUT2D eigenvalue weighted by molar-refractivity contribution is 7.91. The van der Waals surface area contributed by atoms with Crippen molar-refractivity contribution < 1.29 is 18.0 Å². The summed E-state index contributed by atoms with van der Waals surface area (Å²) in [6, 6.07) is -0.341. The molecule has 1 saturated heterocycles. The van der Waals surface area contributed by atoms with Crippen LogP contribution in [0.3, 0.4) is 0 Å². The number of hydrogen-bond acceptors (Lipinski definition) is 4. The van der Waals surface area contributed by atoms with Gasteiger partial charge in [-0.3, -0.25) is 9.59 Å². The van der Waals surface area contributed by atoms with E-state index in [1.54, 1.807) is 4.90 Å². The van der Waals surface area contributed by atoms with Crippen LogP contribution in [0.5, 0.6) is 0 Å². The first-order chi connectivity index (χ1) is 8.38. The average molecular weight is 276 g/mol. The molecule has 1 heterocycles. The number of hydrogen-bond donors (Lipinski definition) is 1. The molecular weight excluding hydrogens is 256 g/mol. The van der Waals surface area contributed by atoms with Gasteiger partial charge in [0.05, 0.1) is 11.5 Å². The van der Waals surface area contributed by atoms with Crippen LogP contribution in [0.15, 0.2) is 0 Å². The van der Waals surface area contributed by atoms with Gasteiger partial charge in [-0.15, -0.1) is 0 Å². The predicted molar refractivity (Wildman–Crippen MR) is 67.7 cm³/mol. The zero-order valence-electron chi connectivity index (χ0n) is 10.8. The lowest BCUT2D eigenvalue weighted by molar-refractivity contribution is -0.135. The molecule has 6 nitrogen and oxygen atoms in total. The molecule has 1 rings (SSSR count). The van der Waals surface area contributed by atoms with Gasteiger partial charge in [0.25, 0.3) is 0 Å². The van der Waals surface area contributed by atoms with Crippen molar-refractivity contribution in [2.24, 2.45) is 0 Å². The minimum Gasteiger partial charge on any atom is -0.352 e. The Morgan fingerprint density at radius 3 is 2.33 bits per heavy atom. The van der Waals surface area contributed by atoms with E-state index in [-0.39, 0.29) is 29.9 Å². The van der Waals surface area contributed by atoms with Crippen molar-refractivity contribution in [3.63, 3.8) is 0 Å². The third-order valence-corrected chi connectivity index (χ3v) is 4.79. The third-order valence-electron chi connectivity index (χ3n) is 3.03. The van der Waals surface area contributed by atoms with E-state index in [2.05, 4.69) is 5.32 Å². The molecule has 0 aromatic carbocycles. The van der Waals surface area contributed by atoms with Gasteiger partial charge in [0, 0.05) is 19.1 Å². The van der Waals surface area contributed by atoms with E-state index in [0.29, 0.717) is 19.5 Å². The summed E-state index contributed by atoms with van der Waals surface area (Å²) in [6.45, 7) is 4.84. The van der Waals surface area contributed by atoms with Gasteiger partial charge in [0.1, 0.15) is 6.42 Å². The van der Waals surface area contributed by atoms with Crippen molar-refractivity contribution in [1.29, 1.82) is 0 Å². The molecule has 0 aromatic rings. The number of sulfone groups is 1. The molecule has 18 heavy (non-hydrogen) atoms. The largest absolute Gasteiger partial charge is 0.352 e. The molecule has 0 saturated carbocycles. The second-order valence-corrected chi connectivity index (χ2v) is 6.64. The van der Waals surface area contributed by atoms with Crippen molar-refractivity contribution in [3.05, 3.63) is 0 Å². The third kappa shape index (κ3) is 4.29. The standard InChI is InChI=1S/C11H20N2O4S/c1-3-13(4-2)11(15)7-10(14)12-9-5-6-18(16,17)8-9/h9H,3-8H2,1-2H3,(H,12,14). The maximum Gasteiger partial charge on any atom is 0.231 e. The van der Waals surface area contributed by atoms with E-state index < -0.39 is 15.7 Å². The van der Waals surface area contributed by atoms with Gasteiger partial charge in [-0.05, 0) is 20.3 Å². The van der Waals surface area contributed by atoms with Gasteiger partial charge >= 0.3 is 0 Å². The zero-order valence-corrected chi connectivity index (χ0v) is 11.6. The number of amides is 2. The molecule has 0 radical (unpaired) electrons. The van der Waals surface area contributed by atoms with Crippen molar-refractivity contribution in [3.8, 4) is 0 Å². The molecule has 1 unspecified atom stereocenters. The van der Waals surface area contributed by atoms with Gasteiger partial charge in [-0.2, -0.15) is 0 Å². The smallest absolute Gasteiger partial charge is 0.231 e. The summed E-state index contributed by atoms with van der Waals surface area (Å²) in [5.74, 6) is -0.521. The Morgan fingerprint density at radius 1 is 1.28 bits per heavy atom. The number of carbonyl (C=O) groups excluding carboxylic acids is 2. The molecule has 104 valence electrons. The molecule has 2 amide bonds. The monoisotopic (exact) mass is 276 g/mol. The predicted octanol–water partition coefficient (Wildman–Crippen LogP) is -0.452. The van der Waals surface area contributed by atoms with Crippen LogP contribution in [-0.4, -0.2) is 55.8 Å². The first-order valence-electron chi connectivity index (χ1n) is 6.15. The van der Waals surface area contributed by atoms with Crippen molar-refractivity contribution in [1.82, 2.24) is 10.2 Å². The van der Waals surface area contributed by atoms with Gasteiger partial charge in [0.2, 0.25) is 11.8 Å². The van der Waals surface area contributed by atoms with Gasteiger partial charge < -0.3 is 10.2 Å². The first-order valence-corrected chi connectivity index (χ1v) is 7.97. The van der Waals surface area contributed by atoms with Gasteiger partial charge in [-0.1, -0.05) is 0 Å². The fourth-order valence-corrected chi connectivity index (χ4v) is 3.69. The van der Waals surface area contributed by atoms with Gasteiger partial charge in [0.15, 0.2) is 9.84 Å². The molecule has 0 aliphatic carbocycles. The summed E-state index contributed by atoms with van der Waals surface area (Å²) >= 11 is 0. The van der Waals surface area contributed by atoms with Crippen molar-refractivity contribution in [2.75, 3.05) is 24.6 Å². The maximum absolute atomic E-state index is 11.7. The van der Waals surface area contributed by atoms with Crippen molar-refractivity contribution >= 4 is 21.7 Å². The van der Waals surface area contributed by atoms with Crippen molar-refractivity contribution in [2.45, 2.75) is 32.7 Å². The molecule has 7 heteroatoms. The van der Waals surface area contributed by atoms with E-state index in [0.717, 1.165) is 0 Å². The molecule has 0 aromatic heterocycles. The molecule has 1 aliphatic rings. The van der Waals surface area contributed by atoms with Crippen LogP contribution in [0.4, 0.5) is 0 Å². The Balaban J connectivity index is 2.41. The lowest BCUT2D eigenvalue weighted by Crippen LogP contribution is -2.40. The van der Waals surface area contributed by atoms with Crippen LogP contribution in [0, 0.1) is 0 Å². The second-order valence-electron chi connectivity index (χ2n) is 4.41. The van der Waals surface area contributed by atoms with Crippen LogP contribution in [0.25, 0.3) is 0 Å². The average Bonchev–Trinajstić information content (AvgIpc) is 2.59. The molecule has 1 aliphatic heterocycles. The van der Waals surface area contributed by atoms with Crippen LogP contribution in [0.1, 0.15) is 26.7 Å². The van der Waals surface area contributed by atoms with Gasteiger partial charge in [-0.25, -0.2) is 8.42 Å². The zero-order chi connectivity index (χ0) is 13.8. The van der Waals surface area contributed by atoms with E-state index in [1.807, 2.05) is 13.8 Å². The Morgan fingerprint density at radius 2 is 1.89 bits per heavy atom. The summed E-state index contributed by atoms with van der Waals surface area (Å²) < 4.78 is 22.4. The fraction of sp³-hybridized carbons (Fsp3) is 0.818. The normalized spacial score (nSPS) is 21.6. The molecule has 1 atom stereocenters. The highest BCUT2D eigenvalue weighted by atomic mass is 32.2. The Kier molecular flexibility index (Phi) is 5.13. The summed E-state index contributed by atoms with van der Waals surface area (Å²) in [5, 5.41) is 2.60. The summed E-state index contributed by atoms with van der Waals surface area (Å²) in [4.78, 5) is 24.8. The minimum atomic E-state index is -3.01. The minimum absolute atomic E-state index is 0.0157. The topological polar surface area (TPSA) is 83.6 Å². The Labute approximate surface area is 108 Å². The molecule has 0 bridgehead atoms. The molecule has 1 N–H and O–H groups in total. The summed E-state index contributed by atoms with van der Waals surface area (Å²) in [5.41, 5.74) is 0. The SMILES string of the molecule is CCN(CC)C(=O)CC(=O)NC1CCS(=O)(=O)C1. The summed E-state index contributed by atoms with van der Waals surface area (Å²) in [6.07, 6.45) is 0.228. The Bertz CT molecular complexity index is 415. The molecular formula is C11H20N2O4S. The summed E-state index contributed by atoms with van der Waals surface area (Å²) in [7, 11) is -3.01. The lowest BCUT2D eigenvalue weighted by Gasteiger charge is -2.19.